The van der Waals surface area contributed by atoms with E-state index >= 15 is 0 Å². The van der Waals surface area contributed by atoms with Crippen molar-refractivity contribution in [3.63, 3.8) is 0 Å². The van der Waals surface area contributed by atoms with Crippen LogP contribution in [0.25, 0.3) is 10.9 Å². The van der Waals surface area contributed by atoms with Gasteiger partial charge in [0.25, 0.3) is 0 Å². The Morgan fingerprint density at radius 3 is 2.33 bits per heavy atom. The molecule has 0 aliphatic carbocycles. The van der Waals surface area contributed by atoms with Gasteiger partial charge in [0.15, 0.2) is 0 Å². The first kappa shape index (κ1) is 14.3. The van der Waals surface area contributed by atoms with Crippen LogP contribution in [-0.4, -0.2) is 12.0 Å². The third-order valence-electron chi connectivity index (χ3n) is 3.55. The summed E-state index contributed by atoms with van der Waals surface area (Å²) in [7, 11) is 1.89. The number of hydrogen-bond donors (Lipinski definition) is 1. The Hall–Kier alpha value is -1.61. The molecule has 2 nitrogen and oxygen atoms in total. The zero-order chi connectivity index (χ0) is 14.8. The Balaban J connectivity index is 2.24. The standard InChI is InChI=1S/C17H14Cl2N2/c1-20-17(15-13(18)8-3-9-14(15)19)12-7-2-5-11-6-4-10-21-16(11)12/h2-10,17,20H,1H3. The van der Waals surface area contributed by atoms with Gasteiger partial charge in [0.05, 0.1) is 11.6 Å². The summed E-state index contributed by atoms with van der Waals surface area (Å²) in [5.41, 5.74) is 2.89. The fourth-order valence-electron chi connectivity index (χ4n) is 2.60. The van der Waals surface area contributed by atoms with Gasteiger partial charge in [-0.3, -0.25) is 4.98 Å². The first-order valence-electron chi connectivity index (χ1n) is 6.67. The van der Waals surface area contributed by atoms with Crippen molar-refractivity contribution in [2.45, 2.75) is 6.04 Å². The zero-order valence-electron chi connectivity index (χ0n) is 11.5. The number of rotatable bonds is 3. The van der Waals surface area contributed by atoms with Crippen molar-refractivity contribution in [1.82, 2.24) is 10.3 Å². The molecule has 1 aromatic heterocycles. The largest absolute Gasteiger partial charge is 0.309 e. The maximum absolute atomic E-state index is 6.36. The molecule has 1 N–H and O–H groups in total. The molecule has 0 aliphatic rings. The second kappa shape index (κ2) is 6.02. The second-order valence-corrected chi connectivity index (χ2v) is 5.59. The summed E-state index contributed by atoms with van der Waals surface area (Å²) in [5.74, 6) is 0. The van der Waals surface area contributed by atoms with E-state index in [4.69, 9.17) is 23.2 Å². The van der Waals surface area contributed by atoms with E-state index in [-0.39, 0.29) is 6.04 Å². The molecule has 3 aromatic rings. The highest BCUT2D eigenvalue weighted by atomic mass is 35.5. The molecule has 106 valence electrons. The lowest BCUT2D eigenvalue weighted by atomic mass is 9.96. The van der Waals surface area contributed by atoms with E-state index in [9.17, 15) is 0 Å². The van der Waals surface area contributed by atoms with Gasteiger partial charge in [-0.15, -0.1) is 0 Å². The quantitative estimate of drug-likeness (QED) is 0.747. The second-order valence-electron chi connectivity index (χ2n) is 4.78. The maximum atomic E-state index is 6.36. The fourth-order valence-corrected chi connectivity index (χ4v) is 3.22. The van der Waals surface area contributed by atoms with Gasteiger partial charge >= 0.3 is 0 Å². The summed E-state index contributed by atoms with van der Waals surface area (Å²) in [6.07, 6.45) is 1.80. The highest BCUT2D eigenvalue weighted by Gasteiger charge is 2.20. The molecule has 0 saturated carbocycles. The van der Waals surface area contributed by atoms with Gasteiger partial charge in [-0.25, -0.2) is 0 Å². The van der Waals surface area contributed by atoms with E-state index in [1.54, 1.807) is 6.20 Å². The van der Waals surface area contributed by atoms with Crippen LogP contribution >= 0.6 is 23.2 Å². The summed E-state index contributed by atoms with van der Waals surface area (Å²) in [4.78, 5) is 4.51. The summed E-state index contributed by atoms with van der Waals surface area (Å²) >= 11 is 12.7. The van der Waals surface area contributed by atoms with Gasteiger partial charge in [0.2, 0.25) is 0 Å². The predicted octanol–water partition coefficient (Wildman–Crippen LogP) is 4.85. The Kier molecular flexibility index (Phi) is 4.11. The van der Waals surface area contributed by atoms with Crippen LogP contribution in [0.3, 0.4) is 0 Å². The maximum Gasteiger partial charge on any atom is 0.0753 e. The number of nitrogens with one attached hydrogen (secondary N) is 1. The first-order chi connectivity index (χ1) is 10.2. The molecule has 2 aromatic carbocycles. The number of para-hydroxylation sites is 1. The highest BCUT2D eigenvalue weighted by molar-refractivity contribution is 6.36. The fraction of sp³-hybridized carbons (Fsp3) is 0.118. The molecule has 0 radical (unpaired) electrons. The van der Waals surface area contributed by atoms with Crippen molar-refractivity contribution in [2.75, 3.05) is 7.05 Å². The normalized spacial score (nSPS) is 12.5. The Bertz CT molecular complexity index is 761. The minimum absolute atomic E-state index is 0.107. The Labute approximate surface area is 133 Å². The SMILES string of the molecule is CNC(c1c(Cl)cccc1Cl)c1cccc2cccnc12. The molecular weight excluding hydrogens is 303 g/mol. The van der Waals surface area contributed by atoms with E-state index in [0.29, 0.717) is 10.0 Å². The highest BCUT2D eigenvalue weighted by Crippen LogP contribution is 2.35. The zero-order valence-corrected chi connectivity index (χ0v) is 13.0. The molecule has 0 amide bonds. The van der Waals surface area contributed by atoms with E-state index < -0.39 is 0 Å². The van der Waals surface area contributed by atoms with E-state index in [2.05, 4.69) is 16.4 Å². The van der Waals surface area contributed by atoms with Crippen molar-refractivity contribution in [2.24, 2.45) is 0 Å². The lowest BCUT2D eigenvalue weighted by Crippen LogP contribution is -2.19. The van der Waals surface area contributed by atoms with Crippen LogP contribution in [0.15, 0.2) is 54.7 Å². The van der Waals surface area contributed by atoms with E-state index in [0.717, 1.165) is 22.0 Å². The van der Waals surface area contributed by atoms with Crippen LogP contribution in [0.4, 0.5) is 0 Å². The number of benzene rings is 2. The van der Waals surface area contributed by atoms with E-state index in [1.165, 1.54) is 0 Å². The van der Waals surface area contributed by atoms with Crippen molar-refractivity contribution < 1.29 is 0 Å². The van der Waals surface area contributed by atoms with Gasteiger partial charge in [-0.1, -0.05) is 53.5 Å². The number of fused-ring (bicyclic) bond motifs is 1. The average Bonchev–Trinajstić information content (AvgIpc) is 2.51. The molecular formula is C17H14Cl2N2. The van der Waals surface area contributed by atoms with E-state index in [1.807, 2.05) is 49.5 Å². The Morgan fingerprint density at radius 1 is 0.952 bits per heavy atom. The number of pyridine rings is 1. The Morgan fingerprint density at radius 2 is 1.62 bits per heavy atom. The summed E-state index contributed by atoms with van der Waals surface area (Å²) in [5, 5.41) is 5.69. The summed E-state index contributed by atoms with van der Waals surface area (Å²) in [6.45, 7) is 0. The van der Waals surface area contributed by atoms with Gasteiger partial charge < -0.3 is 5.32 Å². The molecule has 21 heavy (non-hydrogen) atoms. The molecule has 1 unspecified atom stereocenters. The number of hydrogen-bond acceptors (Lipinski definition) is 2. The predicted molar refractivity (Wildman–Crippen MR) is 89.1 cm³/mol. The van der Waals surface area contributed by atoms with Crippen molar-refractivity contribution in [3.05, 3.63) is 75.9 Å². The van der Waals surface area contributed by atoms with Crippen LogP contribution < -0.4 is 5.32 Å². The van der Waals surface area contributed by atoms with Gasteiger partial charge in [0.1, 0.15) is 0 Å². The topological polar surface area (TPSA) is 24.9 Å². The van der Waals surface area contributed by atoms with Gasteiger partial charge in [-0.2, -0.15) is 0 Å². The summed E-state index contributed by atoms with van der Waals surface area (Å²) in [6, 6.07) is 15.6. The molecule has 0 saturated heterocycles. The molecule has 0 aliphatic heterocycles. The monoisotopic (exact) mass is 316 g/mol. The van der Waals surface area contributed by atoms with Crippen molar-refractivity contribution in [3.8, 4) is 0 Å². The van der Waals surface area contributed by atoms with Crippen molar-refractivity contribution >= 4 is 34.1 Å². The van der Waals surface area contributed by atoms with Crippen LogP contribution in [0.5, 0.6) is 0 Å². The number of halogens is 2. The molecule has 0 spiro atoms. The van der Waals surface area contributed by atoms with Crippen LogP contribution in [-0.2, 0) is 0 Å². The molecule has 0 bridgehead atoms. The lowest BCUT2D eigenvalue weighted by molar-refractivity contribution is 0.696. The van der Waals surface area contributed by atoms with Gasteiger partial charge in [-0.05, 0) is 30.8 Å². The van der Waals surface area contributed by atoms with Crippen LogP contribution in [0.1, 0.15) is 17.2 Å². The van der Waals surface area contributed by atoms with Crippen molar-refractivity contribution in [1.29, 1.82) is 0 Å². The number of aromatic nitrogens is 1. The molecule has 4 heteroatoms. The molecule has 1 atom stereocenters. The van der Waals surface area contributed by atoms with Crippen LogP contribution in [0.2, 0.25) is 10.0 Å². The third kappa shape index (κ3) is 2.62. The summed E-state index contributed by atoms with van der Waals surface area (Å²) < 4.78 is 0. The van der Waals surface area contributed by atoms with Crippen LogP contribution in [0, 0.1) is 0 Å². The number of nitrogens with zero attached hydrogens (tertiary/aromatic N) is 1. The smallest absolute Gasteiger partial charge is 0.0753 e. The third-order valence-corrected chi connectivity index (χ3v) is 4.21. The first-order valence-corrected chi connectivity index (χ1v) is 7.43. The molecule has 0 fully saturated rings. The molecule has 1 heterocycles. The van der Waals surface area contributed by atoms with Gasteiger partial charge in [0, 0.05) is 27.2 Å². The average molecular weight is 317 g/mol. The minimum Gasteiger partial charge on any atom is -0.309 e. The minimum atomic E-state index is -0.107. The molecule has 3 rings (SSSR count). The lowest BCUT2D eigenvalue weighted by Gasteiger charge is -2.21.